The van der Waals surface area contributed by atoms with E-state index in [1.165, 1.54) is 12.1 Å². The fourth-order valence-electron chi connectivity index (χ4n) is 2.52. The summed E-state index contributed by atoms with van der Waals surface area (Å²) in [4.78, 5) is 12.3. The molecule has 0 bridgehead atoms. The van der Waals surface area contributed by atoms with Crippen LogP contribution in [0, 0.1) is 5.82 Å². The maximum atomic E-state index is 13.9. The van der Waals surface area contributed by atoms with Crippen molar-refractivity contribution >= 4 is 35.6 Å². The molecular formula is C17H17Cl2FN2O2. The molecule has 128 valence electrons. The molecule has 0 unspecified atom stereocenters. The molecule has 2 aromatic carbocycles. The van der Waals surface area contributed by atoms with Crippen LogP contribution in [0.3, 0.4) is 0 Å². The number of hydrogen-bond donors (Lipinski definition) is 2. The van der Waals surface area contributed by atoms with Crippen molar-refractivity contribution in [3.63, 3.8) is 0 Å². The molecule has 0 radical (unpaired) electrons. The van der Waals surface area contributed by atoms with Crippen LogP contribution in [0.1, 0.15) is 22.0 Å². The Morgan fingerprint density at radius 1 is 1.29 bits per heavy atom. The first kappa shape index (κ1) is 18.7. The number of morpholine rings is 1. The van der Waals surface area contributed by atoms with Gasteiger partial charge in [-0.2, -0.15) is 0 Å². The van der Waals surface area contributed by atoms with E-state index in [9.17, 15) is 9.18 Å². The summed E-state index contributed by atoms with van der Waals surface area (Å²) in [6.07, 6.45) is -0.143. The first-order chi connectivity index (χ1) is 11.1. The van der Waals surface area contributed by atoms with Crippen LogP contribution >= 0.6 is 24.0 Å². The number of halogens is 3. The summed E-state index contributed by atoms with van der Waals surface area (Å²) in [5.41, 5.74) is 1.43. The highest BCUT2D eigenvalue weighted by Gasteiger charge is 2.20. The number of para-hydroxylation sites is 1. The Hall–Kier alpha value is -1.66. The zero-order chi connectivity index (χ0) is 16.2. The minimum atomic E-state index is -0.650. The summed E-state index contributed by atoms with van der Waals surface area (Å²) in [6, 6.07) is 11.3. The van der Waals surface area contributed by atoms with Crippen molar-refractivity contribution in [3.8, 4) is 0 Å². The predicted octanol–water partition coefficient (Wildman–Crippen LogP) is 3.81. The van der Waals surface area contributed by atoms with Crippen LogP contribution in [0.2, 0.25) is 5.02 Å². The normalized spacial score (nSPS) is 17.0. The summed E-state index contributed by atoms with van der Waals surface area (Å²) < 4.78 is 19.6. The number of amides is 1. The third-order valence-corrected chi connectivity index (χ3v) is 3.89. The van der Waals surface area contributed by atoms with Crippen molar-refractivity contribution in [2.45, 2.75) is 6.10 Å². The van der Waals surface area contributed by atoms with E-state index in [2.05, 4.69) is 10.6 Å². The van der Waals surface area contributed by atoms with Gasteiger partial charge in [0.05, 0.1) is 18.3 Å². The predicted molar refractivity (Wildman–Crippen MR) is 94.6 cm³/mol. The van der Waals surface area contributed by atoms with Gasteiger partial charge in [0.15, 0.2) is 0 Å². The van der Waals surface area contributed by atoms with Gasteiger partial charge in [-0.3, -0.25) is 4.79 Å². The monoisotopic (exact) mass is 370 g/mol. The highest BCUT2D eigenvalue weighted by molar-refractivity contribution is 6.30. The van der Waals surface area contributed by atoms with Gasteiger partial charge in [0.2, 0.25) is 0 Å². The van der Waals surface area contributed by atoms with Crippen LogP contribution in [0.25, 0.3) is 0 Å². The molecule has 1 saturated heterocycles. The molecule has 2 aromatic rings. The Balaban J connectivity index is 0.00000208. The molecule has 1 atom stereocenters. The highest BCUT2D eigenvalue weighted by Crippen LogP contribution is 2.27. The van der Waals surface area contributed by atoms with Crippen LogP contribution in [0.5, 0.6) is 0 Å². The molecule has 1 aliphatic rings. The van der Waals surface area contributed by atoms with E-state index >= 15 is 0 Å². The van der Waals surface area contributed by atoms with Gasteiger partial charge in [-0.1, -0.05) is 29.8 Å². The lowest BCUT2D eigenvalue weighted by molar-refractivity contribution is 0.0281. The van der Waals surface area contributed by atoms with Crippen molar-refractivity contribution in [1.29, 1.82) is 0 Å². The molecule has 7 heteroatoms. The summed E-state index contributed by atoms with van der Waals surface area (Å²) in [5.74, 6) is -1.17. The minimum Gasteiger partial charge on any atom is -0.371 e. The quantitative estimate of drug-likeness (QED) is 0.863. The number of hydrogen-bond acceptors (Lipinski definition) is 3. The standard InChI is InChI=1S/C17H16ClFN2O2.ClH/c18-11-5-6-12(14(19)9-11)17(22)21-15-4-2-1-3-13(15)16-10-20-7-8-23-16;/h1-6,9,16,20H,7-8,10H2,(H,21,22);1H/t16-;/m0./s1. The number of carbonyl (C=O) groups is 1. The van der Waals surface area contributed by atoms with Crippen LogP contribution < -0.4 is 10.6 Å². The number of anilines is 1. The first-order valence-corrected chi connectivity index (χ1v) is 7.70. The summed E-state index contributed by atoms with van der Waals surface area (Å²) in [5, 5.41) is 6.25. The lowest BCUT2D eigenvalue weighted by Crippen LogP contribution is -2.33. The number of ether oxygens (including phenoxy) is 1. The smallest absolute Gasteiger partial charge is 0.258 e. The lowest BCUT2D eigenvalue weighted by atomic mass is 10.1. The first-order valence-electron chi connectivity index (χ1n) is 7.33. The Morgan fingerprint density at radius 2 is 2.08 bits per heavy atom. The van der Waals surface area contributed by atoms with E-state index in [1.54, 1.807) is 6.07 Å². The van der Waals surface area contributed by atoms with Crippen LogP contribution in [-0.4, -0.2) is 25.6 Å². The Bertz CT molecular complexity index is 721. The van der Waals surface area contributed by atoms with E-state index in [4.69, 9.17) is 16.3 Å². The van der Waals surface area contributed by atoms with Crippen molar-refractivity contribution in [2.24, 2.45) is 0 Å². The molecule has 1 aliphatic heterocycles. The second kappa shape index (κ2) is 8.44. The average molecular weight is 371 g/mol. The zero-order valence-corrected chi connectivity index (χ0v) is 14.3. The van der Waals surface area contributed by atoms with Gasteiger partial charge < -0.3 is 15.4 Å². The van der Waals surface area contributed by atoms with E-state index in [0.717, 1.165) is 18.2 Å². The van der Waals surface area contributed by atoms with Crippen molar-refractivity contribution in [2.75, 3.05) is 25.0 Å². The van der Waals surface area contributed by atoms with Crippen molar-refractivity contribution in [1.82, 2.24) is 5.32 Å². The molecule has 1 fully saturated rings. The van der Waals surface area contributed by atoms with Gasteiger partial charge >= 0.3 is 0 Å². The van der Waals surface area contributed by atoms with E-state index in [1.807, 2.05) is 18.2 Å². The van der Waals surface area contributed by atoms with Crippen LogP contribution in [-0.2, 0) is 4.74 Å². The van der Waals surface area contributed by atoms with Gasteiger partial charge in [0, 0.05) is 29.4 Å². The largest absolute Gasteiger partial charge is 0.371 e. The fourth-order valence-corrected chi connectivity index (χ4v) is 2.68. The molecule has 0 aliphatic carbocycles. The van der Waals surface area contributed by atoms with Crippen molar-refractivity contribution < 1.29 is 13.9 Å². The van der Waals surface area contributed by atoms with Gasteiger partial charge in [0.1, 0.15) is 5.82 Å². The van der Waals surface area contributed by atoms with E-state index in [-0.39, 0.29) is 29.1 Å². The van der Waals surface area contributed by atoms with E-state index < -0.39 is 11.7 Å². The molecule has 2 N–H and O–H groups in total. The van der Waals surface area contributed by atoms with Crippen LogP contribution in [0.4, 0.5) is 10.1 Å². The topological polar surface area (TPSA) is 50.4 Å². The van der Waals surface area contributed by atoms with Gasteiger partial charge in [-0.25, -0.2) is 4.39 Å². The molecule has 24 heavy (non-hydrogen) atoms. The molecule has 0 spiro atoms. The second-order valence-electron chi connectivity index (χ2n) is 5.23. The lowest BCUT2D eigenvalue weighted by Gasteiger charge is -2.25. The number of benzene rings is 2. The van der Waals surface area contributed by atoms with Crippen molar-refractivity contribution in [3.05, 3.63) is 64.4 Å². The maximum Gasteiger partial charge on any atom is 0.258 e. The molecule has 0 saturated carbocycles. The summed E-state index contributed by atoms with van der Waals surface area (Å²) in [6.45, 7) is 2.09. The Morgan fingerprint density at radius 3 is 2.79 bits per heavy atom. The average Bonchev–Trinajstić information content (AvgIpc) is 2.56. The zero-order valence-electron chi connectivity index (χ0n) is 12.7. The number of carbonyl (C=O) groups excluding carboxylic acids is 1. The second-order valence-corrected chi connectivity index (χ2v) is 5.67. The molecule has 0 aromatic heterocycles. The summed E-state index contributed by atoms with van der Waals surface area (Å²) >= 11 is 5.71. The van der Waals surface area contributed by atoms with E-state index in [0.29, 0.717) is 18.8 Å². The Kier molecular flexibility index (Phi) is 6.57. The summed E-state index contributed by atoms with van der Waals surface area (Å²) in [7, 11) is 0. The molecule has 4 nitrogen and oxygen atoms in total. The van der Waals surface area contributed by atoms with Gasteiger partial charge in [-0.15, -0.1) is 12.4 Å². The molecular weight excluding hydrogens is 354 g/mol. The molecule has 1 heterocycles. The fraction of sp³-hybridized carbons (Fsp3) is 0.235. The molecule has 3 rings (SSSR count). The third-order valence-electron chi connectivity index (χ3n) is 3.66. The maximum absolute atomic E-state index is 13.9. The Labute approximate surface area is 150 Å². The minimum absolute atomic E-state index is 0. The van der Waals surface area contributed by atoms with Gasteiger partial charge in [0.25, 0.3) is 5.91 Å². The number of nitrogens with one attached hydrogen (secondary N) is 2. The van der Waals surface area contributed by atoms with Crippen LogP contribution in [0.15, 0.2) is 42.5 Å². The number of rotatable bonds is 3. The third kappa shape index (κ3) is 4.24. The molecule has 1 amide bonds. The van der Waals surface area contributed by atoms with Gasteiger partial charge in [-0.05, 0) is 24.3 Å². The SMILES string of the molecule is Cl.O=C(Nc1ccccc1[C@@H]1CNCCO1)c1ccc(Cl)cc1F. The highest BCUT2D eigenvalue weighted by atomic mass is 35.5.